The SMILES string of the molecule is COC(=O)c1ccc(/C=C/CN2CCC(=C3c4ccccc4C=Cc4ccccc43)CC2)cc1.Cl. The molecule has 1 fully saturated rings. The molecule has 5 rings (SSSR count). The van der Waals surface area contributed by atoms with Crippen molar-refractivity contribution in [1.82, 2.24) is 4.90 Å². The maximum atomic E-state index is 11.6. The number of esters is 1. The van der Waals surface area contributed by atoms with Crippen molar-refractivity contribution in [1.29, 1.82) is 0 Å². The Morgan fingerprint density at radius 1 is 0.857 bits per heavy atom. The van der Waals surface area contributed by atoms with Crippen LogP contribution in [0.25, 0.3) is 23.8 Å². The van der Waals surface area contributed by atoms with Crippen LogP contribution in [0.1, 0.15) is 51.0 Å². The third kappa shape index (κ3) is 5.48. The average Bonchev–Trinajstić information content (AvgIpc) is 3.06. The summed E-state index contributed by atoms with van der Waals surface area (Å²) in [5, 5.41) is 0. The number of hydrogen-bond acceptors (Lipinski definition) is 3. The van der Waals surface area contributed by atoms with Crippen LogP contribution < -0.4 is 0 Å². The van der Waals surface area contributed by atoms with E-state index < -0.39 is 0 Å². The van der Waals surface area contributed by atoms with Gasteiger partial charge in [-0.3, -0.25) is 4.90 Å². The molecule has 2 aliphatic rings. The van der Waals surface area contributed by atoms with Crippen LogP contribution in [0, 0.1) is 0 Å². The smallest absolute Gasteiger partial charge is 0.337 e. The molecule has 35 heavy (non-hydrogen) atoms. The molecule has 0 aromatic heterocycles. The summed E-state index contributed by atoms with van der Waals surface area (Å²) in [5.41, 5.74) is 9.94. The molecular weight excluding hydrogens is 454 g/mol. The molecule has 0 atom stereocenters. The second kappa shape index (κ2) is 11.4. The van der Waals surface area contributed by atoms with Gasteiger partial charge in [0.15, 0.2) is 0 Å². The number of ether oxygens (including phenoxy) is 1. The van der Waals surface area contributed by atoms with E-state index in [2.05, 4.69) is 77.7 Å². The third-order valence-corrected chi connectivity index (χ3v) is 6.72. The minimum atomic E-state index is -0.302. The van der Waals surface area contributed by atoms with E-state index in [0.29, 0.717) is 5.56 Å². The fraction of sp³-hybridized carbons (Fsp3) is 0.194. The summed E-state index contributed by atoms with van der Waals surface area (Å²) in [6.07, 6.45) is 11.0. The number of carbonyl (C=O) groups is 1. The number of carbonyl (C=O) groups excluding carboxylic acids is 1. The standard InChI is InChI=1S/C31H29NO2.ClH/c1-34-31(33)27-14-12-23(13-15-27)7-6-20-32-21-18-26(19-22-32)30-28-10-4-2-8-24(28)16-17-25-9-3-5-11-29(25)30;/h2-17H,18-22H2,1H3;1H/b7-6+;. The predicted octanol–water partition coefficient (Wildman–Crippen LogP) is 6.99. The highest BCUT2D eigenvalue weighted by Gasteiger charge is 2.22. The zero-order valence-corrected chi connectivity index (χ0v) is 20.8. The van der Waals surface area contributed by atoms with Gasteiger partial charge in [0.05, 0.1) is 12.7 Å². The Bertz CT molecular complexity index is 1230. The van der Waals surface area contributed by atoms with E-state index in [0.717, 1.165) is 38.0 Å². The fourth-order valence-electron chi connectivity index (χ4n) is 4.89. The zero-order chi connectivity index (χ0) is 23.3. The van der Waals surface area contributed by atoms with E-state index in [9.17, 15) is 4.79 Å². The average molecular weight is 484 g/mol. The highest BCUT2D eigenvalue weighted by molar-refractivity contribution is 5.95. The number of methoxy groups -OCH3 is 1. The van der Waals surface area contributed by atoms with Crippen molar-refractivity contribution < 1.29 is 9.53 Å². The van der Waals surface area contributed by atoms with E-state index in [-0.39, 0.29) is 18.4 Å². The van der Waals surface area contributed by atoms with Crippen LogP contribution in [0.4, 0.5) is 0 Å². The van der Waals surface area contributed by atoms with Crippen LogP contribution in [0.2, 0.25) is 0 Å². The van der Waals surface area contributed by atoms with Gasteiger partial charge in [0.1, 0.15) is 0 Å². The Kier molecular flexibility index (Phi) is 8.02. The second-order valence-corrected chi connectivity index (χ2v) is 8.80. The molecule has 0 unspecified atom stereocenters. The molecule has 0 radical (unpaired) electrons. The fourth-order valence-corrected chi connectivity index (χ4v) is 4.89. The Morgan fingerprint density at radius 3 is 2.00 bits per heavy atom. The van der Waals surface area contributed by atoms with Crippen LogP contribution >= 0.6 is 12.4 Å². The van der Waals surface area contributed by atoms with Crippen molar-refractivity contribution in [2.45, 2.75) is 12.8 Å². The molecule has 0 bridgehead atoms. The summed E-state index contributed by atoms with van der Waals surface area (Å²) in [4.78, 5) is 14.1. The van der Waals surface area contributed by atoms with Crippen molar-refractivity contribution in [2.24, 2.45) is 0 Å². The number of likely N-dealkylation sites (tertiary alicyclic amines) is 1. The summed E-state index contributed by atoms with van der Waals surface area (Å²) in [6, 6.07) is 25.1. The normalized spacial score (nSPS) is 15.2. The topological polar surface area (TPSA) is 29.5 Å². The van der Waals surface area contributed by atoms with Crippen molar-refractivity contribution in [3.8, 4) is 0 Å². The maximum absolute atomic E-state index is 11.6. The van der Waals surface area contributed by atoms with Gasteiger partial charge in [0, 0.05) is 19.6 Å². The van der Waals surface area contributed by atoms with Crippen LogP contribution in [0.15, 0.2) is 84.4 Å². The highest BCUT2D eigenvalue weighted by atomic mass is 35.5. The Labute approximate surface area is 213 Å². The van der Waals surface area contributed by atoms with Crippen LogP contribution in [0.3, 0.4) is 0 Å². The predicted molar refractivity (Wildman–Crippen MR) is 148 cm³/mol. The summed E-state index contributed by atoms with van der Waals surface area (Å²) < 4.78 is 4.76. The van der Waals surface area contributed by atoms with Gasteiger partial charge in [-0.25, -0.2) is 4.79 Å². The Balaban J connectivity index is 0.00000289. The Morgan fingerprint density at radius 2 is 1.43 bits per heavy atom. The van der Waals surface area contributed by atoms with Gasteiger partial charge in [0.25, 0.3) is 0 Å². The first-order chi connectivity index (χ1) is 16.7. The van der Waals surface area contributed by atoms with E-state index in [4.69, 9.17) is 4.74 Å². The molecule has 1 aliphatic carbocycles. The third-order valence-electron chi connectivity index (χ3n) is 6.72. The number of fused-ring (bicyclic) bond motifs is 2. The van der Waals surface area contributed by atoms with Crippen molar-refractivity contribution in [3.05, 3.63) is 118 Å². The van der Waals surface area contributed by atoms with Gasteiger partial charge in [-0.15, -0.1) is 12.4 Å². The van der Waals surface area contributed by atoms with E-state index in [1.807, 2.05) is 24.3 Å². The van der Waals surface area contributed by atoms with E-state index in [1.165, 1.54) is 34.9 Å². The van der Waals surface area contributed by atoms with Crippen LogP contribution in [0.5, 0.6) is 0 Å². The highest BCUT2D eigenvalue weighted by Crippen LogP contribution is 2.38. The molecule has 3 aromatic rings. The summed E-state index contributed by atoms with van der Waals surface area (Å²) in [6.45, 7) is 3.04. The molecular formula is C31H30ClNO2. The van der Waals surface area contributed by atoms with Crippen molar-refractivity contribution in [3.63, 3.8) is 0 Å². The number of piperidine rings is 1. The quantitative estimate of drug-likeness (QED) is 0.293. The number of benzene rings is 3. The molecule has 0 spiro atoms. The number of hydrogen-bond donors (Lipinski definition) is 0. The minimum Gasteiger partial charge on any atom is -0.465 e. The molecule has 1 heterocycles. The summed E-state index contributed by atoms with van der Waals surface area (Å²) in [7, 11) is 1.40. The van der Waals surface area contributed by atoms with Crippen LogP contribution in [-0.2, 0) is 4.74 Å². The van der Waals surface area contributed by atoms with Crippen LogP contribution in [-0.4, -0.2) is 37.6 Å². The van der Waals surface area contributed by atoms with Crippen molar-refractivity contribution in [2.75, 3.05) is 26.7 Å². The maximum Gasteiger partial charge on any atom is 0.337 e. The summed E-state index contributed by atoms with van der Waals surface area (Å²) in [5.74, 6) is -0.302. The monoisotopic (exact) mass is 483 g/mol. The van der Waals surface area contributed by atoms with Gasteiger partial charge < -0.3 is 4.74 Å². The molecule has 3 nitrogen and oxygen atoms in total. The molecule has 0 amide bonds. The number of nitrogens with zero attached hydrogens (tertiary/aromatic N) is 1. The zero-order valence-electron chi connectivity index (χ0n) is 19.9. The molecule has 178 valence electrons. The van der Waals surface area contributed by atoms with Gasteiger partial charge in [-0.1, -0.05) is 90.5 Å². The number of rotatable bonds is 4. The lowest BCUT2D eigenvalue weighted by atomic mass is 9.86. The van der Waals surface area contributed by atoms with Gasteiger partial charge >= 0.3 is 5.97 Å². The molecule has 1 aliphatic heterocycles. The molecule has 4 heteroatoms. The van der Waals surface area contributed by atoms with Crippen molar-refractivity contribution >= 4 is 42.2 Å². The number of halogens is 1. The molecule has 0 N–H and O–H groups in total. The minimum absolute atomic E-state index is 0. The first-order valence-electron chi connectivity index (χ1n) is 11.9. The molecule has 3 aromatic carbocycles. The lowest BCUT2D eigenvalue weighted by Gasteiger charge is -2.29. The summed E-state index contributed by atoms with van der Waals surface area (Å²) >= 11 is 0. The molecule has 1 saturated heterocycles. The van der Waals surface area contributed by atoms with E-state index >= 15 is 0 Å². The first-order valence-corrected chi connectivity index (χ1v) is 11.9. The lowest BCUT2D eigenvalue weighted by Crippen LogP contribution is -2.31. The van der Waals surface area contributed by atoms with Gasteiger partial charge in [-0.2, -0.15) is 0 Å². The van der Waals surface area contributed by atoms with Gasteiger partial charge in [-0.05, 0) is 58.4 Å². The first kappa shape index (κ1) is 24.7. The lowest BCUT2D eigenvalue weighted by molar-refractivity contribution is 0.0600. The van der Waals surface area contributed by atoms with Gasteiger partial charge in [0.2, 0.25) is 0 Å². The second-order valence-electron chi connectivity index (χ2n) is 8.80. The molecule has 0 saturated carbocycles. The Hall–Kier alpha value is -3.40. The van der Waals surface area contributed by atoms with E-state index in [1.54, 1.807) is 5.57 Å². The largest absolute Gasteiger partial charge is 0.465 e.